The highest BCUT2D eigenvalue weighted by atomic mass is 16.3. The van der Waals surface area contributed by atoms with E-state index in [1.165, 1.54) is 14.1 Å². The molecule has 1 unspecified atom stereocenters. The highest BCUT2D eigenvalue weighted by Gasteiger charge is 2.12. The number of hydrogen-bond donors (Lipinski definition) is 4. The van der Waals surface area contributed by atoms with Gasteiger partial charge in [0.15, 0.2) is 0 Å². The maximum atomic E-state index is 11.7. The minimum atomic E-state index is -1.11. The Kier molecular flexibility index (Phi) is 3.35. The number of nitrogens with one attached hydrogen (secondary N) is 1. The maximum Gasteiger partial charge on any atom is 0.332 e. The summed E-state index contributed by atoms with van der Waals surface area (Å²) in [6.07, 6.45) is -1.11. The fourth-order valence-electron chi connectivity index (χ4n) is 1.23. The molecular weight excluding hydrogens is 214 g/mol. The number of nitrogens with zero attached hydrogens (tertiary/aromatic N) is 2. The summed E-state index contributed by atoms with van der Waals surface area (Å²) >= 11 is 0. The summed E-state index contributed by atoms with van der Waals surface area (Å²) in [6, 6.07) is 0. The fourth-order valence-corrected chi connectivity index (χ4v) is 1.23. The Balaban J connectivity index is 3.30. The molecule has 0 fully saturated rings. The molecule has 0 aromatic carbocycles. The molecule has 8 heteroatoms. The second kappa shape index (κ2) is 4.37. The van der Waals surface area contributed by atoms with E-state index in [0.29, 0.717) is 0 Å². The molecular formula is C8H15N5O3. The van der Waals surface area contributed by atoms with Gasteiger partial charge in [0.25, 0.3) is 5.56 Å². The number of aromatic nitrogens is 2. The Morgan fingerprint density at radius 3 is 2.44 bits per heavy atom. The van der Waals surface area contributed by atoms with Crippen molar-refractivity contribution in [3.63, 3.8) is 0 Å². The van der Waals surface area contributed by atoms with E-state index in [-0.39, 0.29) is 18.1 Å². The average molecular weight is 229 g/mol. The second-order valence-corrected chi connectivity index (χ2v) is 3.41. The maximum absolute atomic E-state index is 11.7. The summed E-state index contributed by atoms with van der Waals surface area (Å²) in [7, 11) is 2.79. The fraction of sp³-hybridized carbons (Fsp3) is 0.500. The van der Waals surface area contributed by atoms with Crippen LogP contribution in [-0.4, -0.2) is 27.0 Å². The van der Waals surface area contributed by atoms with E-state index >= 15 is 0 Å². The van der Waals surface area contributed by atoms with Crippen molar-refractivity contribution >= 4 is 11.5 Å². The van der Waals surface area contributed by atoms with Crippen molar-refractivity contribution in [3.8, 4) is 0 Å². The monoisotopic (exact) mass is 229 g/mol. The number of anilines is 2. The van der Waals surface area contributed by atoms with Gasteiger partial charge in [-0.2, -0.15) is 0 Å². The van der Waals surface area contributed by atoms with Gasteiger partial charge in [-0.25, -0.2) is 4.79 Å². The lowest BCUT2D eigenvalue weighted by molar-refractivity contribution is 0.195. The number of rotatable bonds is 3. The summed E-state index contributed by atoms with van der Waals surface area (Å²) in [4.78, 5) is 23.1. The van der Waals surface area contributed by atoms with Crippen molar-refractivity contribution < 1.29 is 5.11 Å². The molecule has 1 aromatic rings. The first kappa shape index (κ1) is 12.3. The molecule has 6 N–H and O–H groups in total. The summed E-state index contributed by atoms with van der Waals surface area (Å²) in [6.45, 7) is -0.0301. The molecule has 16 heavy (non-hydrogen) atoms. The molecule has 0 amide bonds. The molecule has 1 heterocycles. The molecule has 1 rings (SSSR count). The molecule has 0 aliphatic carbocycles. The van der Waals surface area contributed by atoms with Gasteiger partial charge < -0.3 is 21.9 Å². The van der Waals surface area contributed by atoms with Gasteiger partial charge >= 0.3 is 5.69 Å². The van der Waals surface area contributed by atoms with E-state index in [2.05, 4.69) is 5.32 Å². The molecule has 90 valence electrons. The van der Waals surface area contributed by atoms with Crippen LogP contribution in [0.25, 0.3) is 0 Å². The van der Waals surface area contributed by atoms with E-state index in [4.69, 9.17) is 16.6 Å². The third-order valence-electron chi connectivity index (χ3n) is 2.20. The van der Waals surface area contributed by atoms with Gasteiger partial charge in [0.2, 0.25) is 0 Å². The number of nitrogens with two attached hydrogens (primary N) is 2. The number of aliphatic hydroxyl groups is 1. The minimum Gasteiger partial charge on any atom is -0.383 e. The first-order valence-corrected chi connectivity index (χ1v) is 4.59. The highest BCUT2D eigenvalue weighted by molar-refractivity contribution is 5.60. The van der Waals surface area contributed by atoms with Crippen LogP contribution in [0.4, 0.5) is 11.5 Å². The van der Waals surface area contributed by atoms with Crippen LogP contribution < -0.4 is 28.0 Å². The first-order valence-electron chi connectivity index (χ1n) is 4.59. The van der Waals surface area contributed by atoms with Crippen LogP contribution in [-0.2, 0) is 14.1 Å². The van der Waals surface area contributed by atoms with E-state index in [9.17, 15) is 9.59 Å². The van der Waals surface area contributed by atoms with Gasteiger partial charge in [-0.05, 0) is 0 Å². The summed E-state index contributed by atoms with van der Waals surface area (Å²) in [5, 5.41) is 11.5. The quantitative estimate of drug-likeness (QED) is 0.419. The van der Waals surface area contributed by atoms with Gasteiger partial charge in [-0.1, -0.05) is 0 Å². The van der Waals surface area contributed by atoms with Crippen molar-refractivity contribution in [1.29, 1.82) is 0 Å². The molecule has 0 aliphatic heterocycles. The lowest BCUT2D eigenvalue weighted by Crippen LogP contribution is -2.41. The molecule has 0 saturated carbocycles. The van der Waals surface area contributed by atoms with E-state index in [0.717, 1.165) is 9.13 Å². The minimum absolute atomic E-state index is 0.00810. The van der Waals surface area contributed by atoms with Gasteiger partial charge in [0.05, 0.1) is 6.54 Å². The van der Waals surface area contributed by atoms with Gasteiger partial charge in [-0.15, -0.1) is 0 Å². The topological polar surface area (TPSA) is 128 Å². The Morgan fingerprint density at radius 2 is 1.94 bits per heavy atom. The van der Waals surface area contributed by atoms with Crippen molar-refractivity contribution in [2.24, 2.45) is 19.8 Å². The normalized spacial score (nSPS) is 12.5. The van der Waals surface area contributed by atoms with Crippen LogP contribution in [0.5, 0.6) is 0 Å². The zero-order valence-electron chi connectivity index (χ0n) is 9.10. The third kappa shape index (κ3) is 2.07. The van der Waals surface area contributed by atoms with E-state index in [1.54, 1.807) is 0 Å². The lowest BCUT2D eigenvalue weighted by Gasteiger charge is -2.13. The average Bonchev–Trinajstić information content (AvgIpc) is 2.23. The zero-order valence-corrected chi connectivity index (χ0v) is 9.10. The zero-order chi connectivity index (χ0) is 12.5. The highest BCUT2D eigenvalue weighted by Crippen LogP contribution is 2.08. The predicted octanol–water partition coefficient (Wildman–Crippen LogP) is -2.64. The Hall–Kier alpha value is -1.80. The smallest absolute Gasteiger partial charge is 0.332 e. The Labute approximate surface area is 91.1 Å². The van der Waals surface area contributed by atoms with Gasteiger partial charge in [-0.3, -0.25) is 13.9 Å². The van der Waals surface area contributed by atoms with Gasteiger partial charge in [0, 0.05) is 14.1 Å². The summed E-state index contributed by atoms with van der Waals surface area (Å²) < 4.78 is 2.05. The van der Waals surface area contributed by atoms with Crippen LogP contribution in [0.2, 0.25) is 0 Å². The second-order valence-electron chi connectivity index (χ2n) is 3.41. The number of aliphatic hydroxyl groups excluding tert-OH is 1. The molecule has 0 spiro atoms. The molecule has 0 aliphatic rings. The van der Waals surface area contributed by atoms with Crippen molar-refractivity contribution in [2.75, 3.05) is 17.6 Å². The van der Waals surface area contributed by atoms with Crippen molar-refractivity contribution in [1.82, 2.24) is 9.13 Å². The molecule has 1 atom stereocenters. The predicted molar refractivity (Wildman–Crippen MR) is 60.0 cm³/mol. The Bertz CT molecular complexity index is 502. The molecule has 0 saturated heterocycles. The molecule has 0 bridgehead atoms. The first-order chi connectivity index (χ1) is 7.36. The molecule has 0 radical (unpaired) electrons. The van der Waals surface area contributed by atoms with Crippen LogP contribution in [0.1, 0.15) is 0 Å². The molecule has 8 nitrogen and oxygen atoms in total. The van der Waals surface area contributed by atoms with Crippen molar-refractivity contribution in [2.45, 2.75) is 6.23 Å². The summed E-state index contributed by atoms with van der Waals surface area (Å²) in [5.41, 5.74) is 9.71. The van der Waals surface area contributed by atoms with Crippen LogP contribution in [0.15, 0.2) is 9.59 Å². The Morgan fingerprint density at radius 1 is 1.38 bits per heavy atom. The van der Waals surface area contributed by atoms with E-state index in [1.807, 2.05) is 0 Å². The largest absolute Gasteiger partial charge is 0.383 e. The third-order valence-corrected chi connectivity index (χ3v) is 2.20. The lowest BCUT2D eigenvalue weighted by atomic mass is 10.4. The van der Waals surface area contributed by atoms with E-state index < -0.39 is 17.5 Å². The van der Waals surface area contributed by atoms with Crippen molar-refractivity contribution in [3.05, 3.63) is 20.8 Å². The van der Waals surface area contributed by atoms with Crippen LogP contribution in [0.3, 0.4) is 0 Å². The van der Waals surface area contributed by atoms with Gasteiger partial charge in [0.1, 0.15) is 17.7 Å². The summed E-state index contributed by atoms with van der Waals surface area (Å²) in [5.74, 6) is 0.00810. The standard InChI is InChI=1S/C8H15N5O3/c1-12-6(10)5(11-3-4(9)14)7(15)13(2)8(12)16/h4,11,14H,3,9-10H2,1-2H3. The molecule has 1 aromatic heterocycles. The SMILES string of the molecule is Cn1c(N)c(NCC(N)O)c(=O)n(C)c1=O. The number of nitrogen functional groups attached to an aromatic ring is 1. The number of hydrogen-bond acceptors (Lipinski definition) is 6. The van der Waals surface area contributed by atoms with Crippen LogP contribution in [0, 0.1) is 0 Å². The van der Waals surface area contributed by atoms with Crippen LogP contribution >= 0.6 is 0 Å².